The predicted molar refractivity (Wildman–Crippen MR) is 59.8 cm³/mol. The van der Waals surface area contributed by atoms with E-state index >= 15 is 0 Å². The first kappa shape index (κ1) is 9.08. The van der Waals surface area contributed by atoms with Crippen molar-refractivity contribution in [2.75, 3.05) is 0 Å². The SMILES string of the molecule is c1ccc2c(CCn3cnnn3)c[nH]c2c1. The third-order valence-corrected chi connectivity index (χ3v) is 2.68. The topological polar surface area (TPSA) is 59.4 Å². The number of hydrogen-bond donors (Lipinski definition) is 1. The van der Waals surface area contributed by atoms with E-state index in [1.165, 1.54) is 16.5 Å². The van der Waals surface area contributed by atoms with E-state index in [2.05, 4.69) is 44.9 Å². The maximum absolute atomic E-state index is 3.84. The van der Waals surface area contributed by atoms with Gasteiger partial charge in [-0.05, 0) is 28.5 Å². The standard InChI is InChI=1S/C11H11N5/c1-2-4-11-10(3-1)9(7-12-11)5-6-16-8-13-14-15-16/h1-4,7-8,12H,5-6H2. The molecular formula is C11H11N5. The van der Waals surface area contributed by atoms with Crippen molar-refractivity contribution >= 4 is 10.9 Å². The quantitative estimate of drug-likeness (QED) is 0.715. The number of para-hydroxylation sites is 1. The summed E-state index contributed by atoms with van der Waals surface area (Å²) in [6.07, 6.45) is 4.61. The minimum atomic E-state index is 0.800. The van der Waals surface area contributed by atoms with Crippen molar-refractivity contribution < 1.29 is 0 Å². The number of benzene rings is 1. The van der Waals surface area contributed by atoms with Gasteiger partial charge in [0.05, 0.1) is 0 Å². The smallest absolute Gasteiger partial charge is 0.138 e. The minimum absolute atomic E-state index is 0.800. The molecule has 1 N–H and O–H groups in total. The minimum Gasteiger partial charge on any atom is -0.361 e. The Balaban J connectivity index is 1.84. The number of rotatable bonds is 3. The van der Waals surface area contributed by atoms with Gasteiger partial charge in [-0.15, -0.1) is 5.10 Å². The highest BCUT2D eigenvalue weighted by Crippen LogP contribution is 2.18. The molecule has 80 valence electrons. The molecular weight excluding hydrogens is 202 g/mol. The van der Waals surface area contributed by atoms with Gasteiger partial charge in [-0.2, -0.15) is 0 Å². The fraction of sp³-hybridized carbons (Fsp3) is 0.182. The number of hydrogen-bond acceptors (Lipinski definition) is 3. The summed E-state index contributed by atoms with van der Waals surface area (Å²) in [6.45, 7) is 0.800. The van der Waals surface area contributed by atoms with Crippen molar-refractivity contribution in [3.05, 3.63) is 42.4 Å². The Morgan fingerprint density at radius 1 is 1.25 bits per heavy atom. The normalized spacial score (nSPS) is 11.0. The molecule has 5 nitrogen and oxygen atoms in total. The van der Waals surface area contributed by atoms with Gasteiger partial charge in [-0.1, -0.05) is 18.2 Å². The Kier molecular flexibility index (Phi) is 2.14. The second-order valence-corrected chi connectivity index (χ2v) is 3.68. The number of aromatic nitrogens is 5. The molecule has 3 aromatic rings. The highest BCUT2D eigenvalue weighted by molar-refractivity contribution is 5.82. The Morgan fingerprint density at radius 2 is 2.19 bits per heavy atom. The number of nitrogens with one attached hydrogen (secondary N) is 1. The Hall–Kier alpha value is -2.17. The Bertz CT molecular complexity index is 581. The van der Waals surface area contributed by atoms with Crippen LogP contribution in [-0.2, 0) is 13.0 Å². The summed E-state index contributed by atoms with van der Waals surface area (Å²) in [5.41, 5.74) is 2.47. The van der Waals surface area contributed by atoms with Crippen LogP contribution in [0.5, 0.6) is 0 Å². The maximum Gasteiger partial charge on any atom is 0.138 e. The number of aryl methyl sites for hydroxylation is 2. The zero-order chi connectivity index (χ0) is 10.8. The lowest BCUT2D eigenvalue weighted by Crippen LogP contribution is -2.01. The summed E-state index contributed by atoms with van der Waals surface area (Å²) in [5, 5.41) is 12.3. The van der Waals surface area contributed by atoms with Gasteiger partial charge in [0.25, 0.3) is 0 Å². The van der Waals surface area contributed by atoms with Crippen LogP contribution in [0.4, 0.5) is 0 Å². The van der Waals surface area contributed by atoms with Gasteiger partial charge in [-0.3, -0.25) is 0 Å². The molecule has 0 unspecified atom stereocenters. The fourth-order valence-corrected chi connectivity index (χ4v) is 1.86. The van der Waals surface area contributed by atoms with Crippen LogP contribution in [-0.4, -0.2) is 25.2 Å². The average molecular weight is 213 g/mol. The van der Waals surface area contributed by atoms with Gasteiger partial charge < -0.3 is 4.98 Å². The summed E-state index contributed by atoms with van der Waals surface area (Å²) >= 11 is 0. The summed E-state index contributed by atoms with van der Waals surface area (Å²) < 4.78 is 1.74. The number of tetrazole rings is 1. The zero-order valence-corrected chi connectivity index (χ0v) is 8.67. The van der Waals surface area contributed by atoms with Crippen LogP contribution >= 0.6 is 0 Å². The van der Waals surface area contributed by atoms with Crippen LogP contribution in [0.3, 0.4) is 0 Å². The van der Waals surface area contributed by atoms with E-state index in [1.54, 1.807) is 11.0 Å². The van der Waals surface area contributed by atoms with E-state index in [0.717, 1.165) is 13.0 Å². The van der Waals surface area contributed by atoms with Crippen molar-refractivity contribution in [2.24, 2.45) is 0 Å². The van der Waals surface area contributed by atoms with Crippen LogP contribution in [0.1, 0.15) is 5.56 Å². The number of nitrogens with zero attached hydrogens (tertiary/aromatic N) is 4. The van der Waals surface area contributed by atoms with Gasteiger partial charge in [0.2, 0.25) is 0 Å². The van der Waals surface area contributed by atoms with Crippen LogP contribution in [0, 0.1) is 0 Å². The van der Waals surface area contributed by atoms with Crippen LogP contribution in [0.15, 0.2) is 36.8 Å². The molecule has 0 atom stereocenters. The molecule has 2 aromatic heterocycles. The molecule has 5 heteroatoms. The van der Waals surface area contributed by atoms with Crippen LogP contribution in [0.25, 0.3) is 10.9 Å². The largest absolute Gasteiger partial charge is 0.361 e. The van der Waals surface area contributed by atoms with E-state index in [-0.39, 0.29) is 0 Å². The first-order valence-electron chi connectivity index (χ1n) is 5.19. The molecule has 0 amide bonds. The van der Waals surface area contributed by atoms with Crippen molar-refractivity contribution in [3.63, 3.8) is 0 Å². The van der Waals surface area contributed by atoms with Gasteiger partial charge in [-0.25, -0.2) is 4.68 Å². The monoisotopic (exact) mass is 213 g/mol. The second kappa shape index (κ2) is 3.77. The first-order valence-corrected chi connectivity index (χ1v) is 5.19. The zero-order valence-electron chi connectivity index (χ0n) is 8.67. The van der Waals surface area contributed by atoms with Crippen molar-refractivity contribution in [2.45, 2.75) is 13.0 Å². The van der Waals surface area contributed by atoms with Crippen molar-refractivity contribution in [1.29, 1.82) is 0 Å². The van der Waals surface area contributed by atoms with Gasteiger partial charge in [0.15, 0.2) is 0 Å². The molecule has 1 aromatic carbocycles. The summed E-state index contributed by atoms with van der Waals surface area (Å²) in [4.78, 5) is 3.26. The number of aromatic amines is 1. The Morgan fingerprint density at radius 3 is 3.06 bits per heavy atom. The lowest BCUT2D eigenvalue weighted by Gasteiger charge is -1.98. The molecule has 16 heavy (non-hydrogen) atoms. The van der Waals surface area contributed by atoms with E-state index < -0.39 is 0 Å². The maximum atomic E-state index is 3.84. The molecule has 0 aliphatic heterocycles. The number of fused-ring (bicyclic) bond motifs is 1. The molecule has 0 aliphatic carbocycles. The van der Waals surface area contributed by atoms with E-state index in [1.807, 2.05) is 6.07 Å². The highest BCUT2D eigenvalue weighted by Gasteiger charge is 2.02. The number of H-pyrrole nitrogens is 1. The highest BCUT2D eigenvalue weighted by atomic mass is 15.5. The molecule has 3 rings (SSSR count). The molecule has 2 heterocycles. The molecule has 0 radical (unpaired) electrons. The second-order valence-electron chi connectivity index (χ2n) is 3.68. The average Bonchev–Trinajstić information content (AvgIpc) is 2.96. The van der Waals surface area contributed by atoms with E-state index in [4.69, 9.17) is 0 Å². The summed E-state index contributed by atoms with van der Waals surface area (Å²) in [6, 6.07) is 8.29. The molecule has 0 bridgehead atoms. The van der Waals surface area contributed by atoms with Crippen LogP contribution in [0.2, 0.25) is 0 Å². The van der Waals surface area contributed by atoms with Crippen LogP contribution < -0.4 is 0 Å². The molecule has 0 saturated heterocycles. The molecule has 0 saturated carbocycles. The lowest BCUT2D eigenvalue weighted by molar-refractivity contribution is 0.590. The van der Waals surface area contributed by atoms with Gasteiger partial charge >= 0.3 is 0 Å². The molecule has 0 spiro atoms. The third-order valence-electron chi connectivity index (χ3n) is 2.68. The first-order chi connectivity index (χ1) is 7.93. The summed E-state index contributed by atoms with van der Waals surface area (Å²) in [5.74, 6) is 0. The van der Waals surface area contributed by atoms with E-state index in [9.17, 15) is 0 Å². The third kappa shape index (κ3) is 1.56. The fourth-order valence-electron chi connectivity index (χ4n) is 1.86. The van der Waals surface area contributed by atoms with Crippen molar-refractivity contribution in [1.82, 2.24) is 25.2 Å². The van der Waals surface area contributed by atoms with Gasteiger partial charge in [0.1, 0.15) is 6.33 Å². The lowest BCUT2D eigenvalue weighted by atomic mass is 10.1. The van der Waals surface area contributed by atoms with Gasteiger partial charge in [0, 0.05) is 23.6 Å². The summed E-state index contributed by atoms with van der Waals surface area (Å²) in [7, 11) is 0. The Labute approximate surface area is 92.1 Å². The predicted octanol–water partition coefficient (Wildman–Crippen LogP) is 1.40. The van der Waals surface area contributed by atoms with Crippen molar-refractivity contribution in [3.8, 4) is 0 Å². The van der Waals surface area contributed by atoms with E-state index in [0.29, 0.717) is 0 Å². The molecule has 0 aliphatic rings. The molecule has 0 fully saturated rings.